The predicted octanol–water partition coefficient (Wildman–Crippen LogP) is 2.10. The first kappa shape index (κ1) is 12.7. The average Bonchev–Trinajstić information content (AvgIpc) is 2.94. The quantitative estimate of drug-likeness (QED) is 0.870. The summed E-state index contributed by atoms with van der Waals surface area (Å²) in [4.78, 5) is 2.13. The van der Waals surface area contributed by atoms with E-state index >= 15 is 0 Å². The molecular formula is C17H17NO3. The summed E-state index contributed by atoms with van der Waals surface area (Å²) in [6.07, 6.45) is 0. The summed E-state index contributed by atoms with van der Waals surface area (Å²) >= 11 is 0. The van der Waals surface area contributed by atoms with Crippen LogP contribution in [0.15, 0.2) is 42.5 Å². The van der Waals surface area contributed by atoms with Gasteiger partial charge in [-0.05, 0) is 35.9 Å². The molecule has 0 aromatic heterocycles. The van der Waals surface area contributed by atoms with Crippen LogP contribution in [0.1, 0.15) is 16.7 Å². The van der Waals surface area contributed by atoms with Gasteiger partial charge in [-0.1, -0.05) is 30.3 Å². The molecule has 0 radical (unpaired) electrons. The first-order valence-corrected chi connectivity index (χ1v) is 7.06. The van der Waals surface area contributed by atoms with Crippen molar-refractivity contribution in [2.75, 3.05) is 20.4 Å². The molecule has 0 spiro atoms. The van der Waals surface area contributed by atoms with Gasteiger partial charge < -0.3 is 14.6 Å². The Labute approximate surface area is 123 Å². The molecule has 0 saturated carbocycles. The molecule has 1 atom stereocenters. The number of likely N-dealkylation sites (N-methyl/N-ethyl adjacent to an activating group) is 1. The number of benzene rings is 2. The number of hydrogen-bond donors (Lipinski definition) is 1. The second kappa shape index (κ2) is 4.48. The molecular weight excluding hydrogens is 266 g/mol. The molecule has 0 saturated heterocycles. The summed E-state index contributed by atoms with van der Waals surface area (Å²) in [7, 11) is 2.02. The summed E-state index contributed by atoms with van der Waals surface area (Å²) in [5.41, 5.74) is 1.95. The molecule has 2 aromatic rings. The summed E-state index contributed by atoms with van der Waals surface area (Å²) in [6, 6.07) is 13.7. The highest BCUT2D eigenvalue weighted by atomic mass is 16.7. The molecule has 4 nitrogen and oxygen atoms in total. The lowest BCUT2D eigenvalue weighted by atomic mass is 9.80. The lowest BCUT2D eigenvalue weighted by Gasteiger charge is -2.39. The van der Waals surface area contributed by atoms with E-state index in [4.69, 9.17) is 9.47 Å². The zero-order valence-electron chi connectivity index (χ0n) is 11.9. The van der Waals surface area contributed by atoms with E-state index in [2.05, 4.69) is 11.0 Å². The monoisotopic (exact) mass is 283 g/mol. The van der Waals surface area contributed by atoms with Gasteiger partial charge in [-0.25, -0.2) is 0 Å². The summed E-state index contributed by atoms with van der Waals surface area (Å²) in [5.74, 6) is 1.44. The van der Waals surface area contributed by atoms with E-state index in [1.807, 2.05) is 43.4 Å². The van der Waals surface area contributed by atoms with Crippen molar-refractivity contribution in [2.24, 2.45) is 0 Å². The Morgan fingerprint density at radius 1 is 1.10 bits per heavy atom. The van der Waals surface area contributed by atoms with Gasteiger partial charge in [0.25, 0.3) is 0 Å². The molecule has 21 heavy (non-hydrogen) atoms. The Morgan fingerprint density at radius 3 is 2.81 bits per heavy atom. The molecule has 0 bridgehead atoms. The zero-order chi connectivity index (χ0) is 14.4. The molecule has 0 amide bonds. The van der Waals surface area contributed by atoms with Crippen molar-refractivity contribution in [1.82, 2.24) is 4.90 Å². The predicted molar refractivity (Wildman–Crippen MR) is 78.3 cm³/mol. The van der Waals surface area contributed by atoms with Crippen molar-refractivity contribution in [3.05, 3.63) is 59.2 Å². The highest BCUT2D eigenvalue weighted by molar-refractivity contribution is 5.50. The van der Waals surface area contributed by atoms with E-state index in [1.54, 1.807) is 0 Å². The Kier molecular flexibility index (Phi) is 2.71. The summed E-state index contributed by atoms with van der Waals surface area (Å²) in [5, 5.41) is 11.4. The largest absolute Gasteiger partial charge is 0.454 e. The molecule has 1 unspecified atom stereocenters. The van der Waals surface area contributed by atoms with Crippen LogP contribution in [-0.2, 0) is 12.1 Å². The lowest BCUT2D eigenvalue weighted by Crippen LogP contribution is -2.44. The number of ether oxygens (including phenoxy) is 2. The Balaban J connectivity index is 1.86. The number of aliphatic hydroxyl groups is 1. The van der Waals surface area contributed by atoms with Crippen LogP contribution in [0.2, 0.25) is 0 Å². The minimum atomic E-state index is -1.02. The number of rotatable bonds is 1. The number of hydrogen-bond acceptors (Lipinski definition) is 4. The molecule has 2 aliphatic rings. The molecule has 4 rings (SSSR count). The number of nitrogens with zero attached hydrogens (tertiary/aromatic N) is 1. The molecule has 2 heterocycles. The maximum absolute atomic E-state index is 11.4. The van der Waals surface area contributed by atoms with Crippen molar-refractivity contribution in [3.63, 3.8) is 0 Å². The Bertz CT molecular complexity index is 700. The third-order valence-corrected chi connectivity index (χ3v) is 4.25. The molecule has 0 fully saturated rings. The van der Waals surface area contributed by atoms with Crippen molar-refractivity contribution >= 4 is 0 Å². The fourth-order valence-corrected chi connectivity index (χ4v) is 3.28. The third-order valence-electron chi connectivity index (χ3n) is 4.25. The van der Waals surface area contributed by atoms with Crippen molar-refractivity contribution in [2.45, 2.75) is 12.1 Å². The minimum Gasteiger partial charge on any atom is -0.454 e. The van der Waals surface area contributed by atoms with Crippen LogP contribution in [0.4, 0.5) is 0 Å². The second-order valence-corrected chi connectivity index (χ2v) is 5.76. The number of fused-ring (bicyclic) bond motifs is 2. The van der Waals surface area contributed by atoms with Crippen LogP contribution >= 0.6 is 0 Å². The van der Waals surface area contributed by atoms with E-state index in [0.29, 0.717) is 12.3 Å². The van der Waals surface area contributed by atoms with Gasteiger partial charge in [0.2, 0.25) is 6.79 Å². The van der Waals surface area contributed by atoms with Crippen LogP contribution in [0.3, 0.4) is 0 Å². The molecule has 0 aliphatic carbocycles. The fraction of sp³-hybridized carbons (Fsp3) is 0.294. The SMILES string of the molecule is CN1Cc2ccccc2C(O)(c2ccc3c(c2)OCO3)C1. The number of β-amino-alcohol motifs (C(OH)–C–C–N with tert-alkyl or cyclic N) is 1. The molecule has 1 N–H and O–H groups in total. The van der Waals surface area contributed by atoms with E-state index in [0.717, 1.165) is 29.0 Å². The molecule has 4 heteroatoms. The van der Waals surface area contributed by atoms with Crippen LogP contribution in [0.5, 0.6) is 11.5 Å². The van der Waals surface area contributed by atoms with Gasteiger partial charge in [-0.15, -0.1) is 0 Å². The van der Waals surface area contributed by atoms with Gasteiger partial charge in [0.15, 0.2) is 11.5 Å². The van der Waals surface area contributed by atoms with Crippen molar-refractivity contribution in [1.29, 1.82) is 0 Å². The second-order valence-electron chi connectivity index (χ2n) is 5.76. The van der Waals surface area contributed by atoms with Gasteiger partial charge >= 0.3 is 0 Å². The van der Waals surface area contributed by atoms with E-state index in [1.165, 1.54) is 0 Å². The first-order chi connectivity index (χ1) is 10.2. The van der Waals surface area contributed by atoms with E-state index < -0.39 is 5.60 Å². The highest BCUT2D eigenvalue weighted by Gasteiger charge is 2.38. The van der Waals surface area contributed by atoms with E-state index in [-0.39, 0.29) is 6.79 Å². The minimum absolute atomic E-state index is 0.244. The highest BCUT2D eigenvalue weighted by Crippen LogP contribution is 2.41. The van der Waals surface area contributed by atoms with Crippen molar-refractivity contribution < 1.29 is 14.6 Å². The maximum atomic E-state index is 11.4. The van der Waals surface area contributed by atoms with Crippen LogP contribution in [-0.4, -0.2) is 30.4 Å². The van der Waals surface area contributed by atoms with Crippen molar-refractivity contribution in [3.8, 4) is 11.5 Å². The van der Waals surface area contributed by atoms with Crippen LogP contribution in [0.25, 0.3) is 0 Å². The topological polar surface area (TPSA) is 41.9 Å². The van der Waals surface area contributed by atoms with Gasteiger partial charge in [0, 0.05) is 13.1 Å². The Morgan fingerprint density at radius 2 is 1.90 bits per heavy atom. The third kappa shape index (κ3) is 1.91. The smallest absolute Gasteiger partial charge is 0.231 e. The lowest BCUT2D eigenvalue weighted by molar-refractivity contribution is 0.0281. The standard InChI is InChI=1S/C17H17NO3/c1-18-9-12-4-2-3-5-14(12)17(19,10-18)13-6-7-15-16(8-13)21-11-20-15/h2-8,19H,9-11H2,1H3. The zero-order valence-corrected chi connectivity index (χ0v) is 11.9. The molecule has 2 aromatic carbocycles. The van der Waals surface area contributed by atoms with Gasteiger partial charge in [-0.2, -0.15) is 0 Å². The van der Waals surface area contributed by atoms with Gasteiger partial charge in [-0.3, -0.25) is 4.90 Å². The summed E-state index contributed by atoms with van der Waals surface area (Å²) < 4.78 is 10.8. The van der Waals surface area contributed by atoms with Crippen LogP contribution < -0.4 is 9.47 Å². The van der Waals surface area contributed by atoms with Gasteiger partial charge in [0.1, 0.15) is 5.60 Å². The summed E-state index contributed by atoms with van der Waals surface area (Å²) in [6.45, 7) is 1.65. The maximum Gasteiger partial charge on any atom is 0.231 e. The fourth-order valence-electron chi connectivity index (χ4n) is 3.28. The Hall–Kier alpha value is -2.04. The first-order valence-electron chi connectivity index (χ1n) is 7.06. The van der Waals surface area contributed by atoms with E-state index in [9.17, 15) is 5.11 Å². The van der Waals surface area contributed by atoms with Crippen LogP contribution in [0, 0.1) is 0 Å². The molecule has 108 valence electrons. The normalized spacial score (nSPS) is 23.9. The average molecular weight is 283 g/mol. The van der Waals surface area contributed by atoms with Gasteiger partial charge in [0.05, 0.1) is 0 Å². The molecule has 2 aliphatic heterocycles.